The van der Waals surface area contributed by atoms with E-state index in [2.05, 4.69) is 20.5 Å². The third kappa shape index (κ3) is 5.64. The Kier molecular flexibility index (Phi) is 6.28. The van der Waals surface area contributed by atoms with Crippen molar-refractivity contribution in [2.45, 2.75) is 26.4 Å². The van der Waals surface area contributed by atoms with Gasteiger partial charge in [-0.25, -0.2) is 14.0 Å². The van der Waals surface area contributed by atoms with Gasteiger partial charge in [-0.2, -0.15) is 0 Å². The summed E-state index contributed by atoms with van der Waals surface area (Å²) in [7, 11) is 0. The molecule has 3 N–H and O–H groups in total. The van der Waals surface area contributed by atoms with Gasteiger partial charge in [0.2, 0.25) is 0 Å². The number of anilines is 2. The average molecular weight is 401 g/mol. The number of aryl methyl sites for hydroxylation is 1. The lowest BCUT2D eigenvalue weighted by Crippen LogP contribution is -2.53. The molecule has 154 valence electrons. The van der Waals surface area contributed by atoms with Crippen LogP contribution in [0, 0.1) is 12.7 Å². The van der Waals surface area contributed by atoms with Crippen LogP contribution in [0.4, 0.5) is 25.4 Å². The number of hydrogen-bond donors (Lipinski definition) is 3. The molecule has 8 nitrogen and oxygen atoms in total. The zero-order valence-electron chi connectivity index (χ0n) is 16.4. The van der Waals surface area contributed by atoms with E-state index in [9.17, 15) is 19.1 Å². The number of carbonyl (C=O) groups excluding carboxylic acids is 1. The number of piperazine rings is 1. The predicted octanol–water partition coefficient (Wildman–Crippen LogP) is 3.36. The van der Waals surface area contributed by atoms with Gasteiger partial charge in [0, 0.05) is 55.5 Å². The van der Waals surface area contributed by atoms with Crippen LogP contribution in [0.2, 0.25) is 0 Å². The molecule has 1 aliphatic rings. The lowest BCUT2D eigenvalue weighted by atomic mass is 10.1. The van der Waals surface area contributed by atoms with E-state index in [0.29, 0.717) is 43.1 Å². The number of nitrogens with zero attached hydrogens (tertiary/aromatic N) is 3. The van der Waals surface area contributed by atoms with Crippen molar-refractivity contribution >= 4 is 23.5 Å². The van der Waals surface area contributed by atoms with E-state index in [1.807, 2.05) is 13.8 Å². The third-order valence-corrected chi connectivity index (χ3v) is 4.73. The molecule has 0 aliphatic carbocycles. The average Bonchev–Trinajstić information content (AvgIpc) is 2.60. The fraction of sp³-hybridized carbons (Fsp3) is 0.350. The molecule has 2 heterocycles. The Morgan fingerprint density at radius 2 is 1.97 bits per heavy atom. The molecule has 3 amide bonds. The Morgan fingerprint density at radius 1 is 1.21 bits per heavy atom. The van der Waals surface area contributed by atoms with Crippen molar-refractivity contribution in [1.29, 1.82) is 0 Å². The van der Waals surface area contributed by atoms with Gasteiger partial charge >= 0.3 is 12.1 Å². The van der Waals surface area contributed by atoms with Crippen molar-refractivity contribution in [3.8, 4) is 0 Å². The van der Waals surface area contributed by atoms with Gasteiger partial charge in [0.15, 0.2) is 0 Å². The first-order chi connectivity index (χ1) is 13.8. The van der Waals surface area contributed by atoms with Crippen LogP contribution in [0.1, 0.15) is 18.2 Å². The predicted molar refractivity (Wildman–Crippen MR) is 107 cm³/mol. The Hall–Kier alpha value is -3.20. The van der Waals surface area contributed by atoms with Gasteiger partial charge in [-0.1, -0.05) is 0 Å². The smallest absolute Gasteiger partial charge is 0.407 e. The second-order valence-corrected chi connectivity index (χ2v) is 7.17. The zero-order valence-corrected chi connectivity index (χ0v) is 16.4. The van der Waals surface area contributed by atoms with E-state index in [0.717, 1.165) is 5.69 Å². The van der Waals surface area contributed by atoms with Gasteiger partial charge in [0.25, 0.3) is 0 Å². The molecule has 1 atom stereocenters. The monoisotopic (exact) mass is 401 g/mol. The van der Waals surface area contributed by atoms with E-state index >= 15 is 0 Å². The van der Waals surface area contributed by atoms with E-state index in [-0.39, 0.29) is 6.04 Å². The summed E-state index contributed by atoms with van der Waals surface area (Å²) in [5.41, 5.74) is 2.42. The van der Waals surface area contributed by atoms with Crippen LogP contribution in [0.25, 0.3) is 0 Å². The molecule has 2 aromatic rings. The van der Waals surface area contributed by atoms with Crippen LogP contribution < -0.4 is 10.6 Å². The molecular formula is C20H24FN5O3. The standard InChI is InChI=1S/C20H24FN5O3/c1-13-7-17(3-4-22-13)23-19(27)24-18-9-15(8-16(21)10-18)12-25-5-6-26(20(28)29)14(2)11-25/h3-4,7-10,14H,5-6,11-12H2,1-2H3,(H,28,29)(H2,22,23,24,27)/t14-/m1/s1. The largest absolute Gasteiger partial charge is 0.465 e. The molecule has 29 heavy (non-hydrogen) atoms. The van der Waals surface area contributed by atoms with E-state index < -0.39 is 17.9 Å². The molecule has 0 saturated carbocycles. The zero-order chi connectivity index (χ0) is 21.0. The van der Waals surface area contributed by atoms with Crippen LogP contribution >= 0.6 is 0 Å². The van der Waals surface area contributed by atoms with Crippen LogP contribution in [-0.2, 0) is 6.54 Å². The van der Waals surface area contributed by atoms with Crippen molar-refractivity contribution < 1.29 is 19.1 Å². The van der Waals surface area contributed by atoms with Gasteiger partial charge in [0.05, 0.1) is 0 Å². The Bertz CT molecular complexity index is 907. The summed E-state index contributed by atoms with van der Waals surface area (Å²) >= 11 is 0. The van der Waals surface area contributed by atoms with E-state index in [1.165, 1.54) is 17.0 Å². The summed E-state index contributed by atoms with van der Waals surface area (Å²) < 4.78 is 14.1. The molecule has 1 saturated heterocycles. The second kappa shape index (κ2) is 8.87. The molecule has 0 radical (unpaired) electrons. The minimum absolute atomic E-state index is 0.137. The molecule has 0 unspecified atom stereocenters. The number of aromatic nitrogens is 1. The summed E-state index contributed by atoms with van der Waals surface area (Å²) in [4.78, 5) is 30.9. The van der Waals surface area contributed by atoms with Crippen molar-refractivity contribution in [3.63, 3.8) is 0 Å². The lowest BCUT2D eigenvalue weighted by molar-refractivity contribution is 0.0711. The minimum atomic E-state index is -0.926. The van der Waals surface area contributed by atoms with Crippen LogP contribution in [0.3, 0.4) is 0 Å². The minimum Gasteiger partial charge on any atom is -0.465 e. The highest BCUT2D eigenvalue weighted by Gasteiger charge is 2.27. The maximum absolute atomic E-state index is 14.1. The quantitative estimate of drug-likeness (QED) is 0.730. The summed E-state index contributed by atoms with van der Waals surface area (Å²) in [5, 5.41) is 14.5. The highest BCUT2D eigenvalue weighted by Crippen LogP contribution is 2.19. The van der Waals surface area contributed by atoms with Gasteiger partial charge in [-0.3, -0.25) is 9.88 Å². The molecule has 9 heteroatoms. The number of pyridine rings is 1. The van der Waals surface area contributed by atoms with Gasteiger partial charge in [-0.05, 0) is 49.7 Å². The van der Waals surface area contributed by atoms with Gasteiger partial charge in [-0.15, -0.1) is 0 Å². The van der Waals surface area contributed by atoms with Gasteiger partial charge in [0.1, 0.15) is 5.82 Å². The number of nitrogens with one attached hydrogen (secondary N) is 2. The number of hydrogen-bond acceptors (Lipinski definition) is 4. The molecular weight excluding hydrogens is 377 g/mol. The topological polar surface area (TPSA) is 97.8 Å². The van der Waals surface area contributed by atoms with Crippen molar-refractivity contribution in [3.05, 3.63) is 53.6 Å². The second-order valence-electron chi connectivity index (χ2n) is 7.17. The summed E-state index contributed by atoms with van der Waals surface area (Å²) in [6.07, 6.45) is 0.667. The van der Waals surface area contributed by atoms with E-state index in [1.54, 1.807) is 24.4 Å². The summed E-state index contributed by atoms with van der Waals surface area (Å²) in [6.45, 7) is 5.67. The summed E-state index contributed by atoms with van der Waals surface area (Å²) in [6, 6.07) is 7.18. The maximum Gasteiger partial charge on any atom is 0.407 e. The lowest BCUT2D eigenvalue weighted by Gasteiger charge is -2.38. The molecule has 1 aliphatic heterocycles. The number of carbonyl (C=O) groups is 2. The SMILES string of the molecule is Cc1cc(NC(=O)Nc2cc(F)cc(CN3CCN(C(=O)O)[C@H](C)C3)c2)ccn1. The highest BCUT2D eigenvalue weighted by atomic mass is 19.1. The Morgan fingerprint density at radius 3 is 2.66 bits per heavy atom. The number of carboxylic acid groups (broad SMARTS) is 1. The van der Waals surface area contributed by atoms with Crippen LogP contribution in [-0.4, -0.2) is 57.7 Å². The van der Waals surface area contributed by atoms with Gasteiger partial charge < -0.3 is 20.6 Å². The Balaban J connectivity index is 1.62. The van der Waals surface area contributed by atoms with Crippen molar-refractivity contribution in [2.24, 2.45) is 0 Å². The number of amides is 3. The van der Waals surface area contributed by atoms with Crippen molar-refractivity contribution in [1.82, 2.24) is 14.8 Å². The normalized spacial score (nSPS) is 17.1. The summed E-state index contributed by atoms with van der Waals surface area (Å²) in [5.74, 6) is -0.449. The molecule has 0 bridgehead atoms. The molecule has 1 aromatic carbocycles. The highest BCUT2D eigenvalue weighted by molar-refractivity contribution is 5.99. The van der Waals surface area contributed by atoms with E-state index in [4.69, 9.17) is 0 Å². The van der Waals surface area contributed by atoms with Crippen LogP contribution in [0.15, 0.2) is 36.5 Å². The number of urea groups is 1. The maximum atomic E-state index is 14.1. The molecule has 1 aromatic heterocycles. The van der Waals surface area contributed by atoms with Crippen molar-refractivity contribution in [2.75, 3.05) is 30.3 Å². The first-order valence-corrected chi connectivity index (χ1v) is 9.32. The fourth-order valence-electron chi connectivity index (χ4n) is 3.45. The first-order valence-electron chi connectivity index (χ1n) is 9.32. The third-order valence-electron chi connectivity index (χ3n) is 4.73. The Labute approximate surface area is 168 Å². The first kappa shape index (κ1) is 20.5. The number of rotatable bonds is 4. The van der Waals surface area contributed by atoms with Crippen LogP contribution in [0.5, 0.6) is 0 Å². The molecule has 0 spiro atoms. The number of benzene rings is 1. The molecule has 3 rings (SSSR count). The number of halogens is 1. The fourth-order valence-corrected chi connectivity index (χ4v) is 3.45. The molecule has 1 fully saturated rings.